The highest BCUT2D eigenvalue weighted by Crippen LogP contribution is 2.41. The van der Waals surface area contributed by atoms with Gasteiger partial charge in [0.25, 0.3) is 0 Å². The summed E-state index contributed by atoms with van der Waals surface area (Å²) >= 11 is 1.38. The molecule has 0 aliphatic carbocycles. The van der Waals surface area contributed by atoms with Gasteiger partial charge in [0, 0.05) is 5.75 Å². The van der Waals surface area contributed by atoms with Gasteiger partial charge in [-0.15, -0.1) is 0 Å². The van der Waals surface area contributed by atoms with Gasteiger partial charge < -0.3 is 24.7 Å². The van der Waals surface area contributed by atoms with E-state index >= 15 is 0 Å². The Morgan fingerprint density at radius 2 is 2.00 bits per heavy atom. The minimum Gasteiger partial charge on any atom is -0.387 e. The van der Waals surface area contributed by atoms with Crippen LogP contribution in [0.5, 0.6) is 0 Å². The average molecular weight is 260 g/mol. The van der Waals surface area contributed by atoms with Crippen LogP contribution in [0.3, 0.4) is 0 Å². The standard InChI is InChI=1S/C6H13O7PS/c1-15-2-3-4(7)5(8)6(12-3)13-14(9,10)11/h3-8H,2H2,1H3,(H2,9,10,11)/t3-,4?,5+,6+/m1/s1. The van der Waals surface area contributed by atoms with Crippen LogP contribution in [0.1, 0.15) is 0 Å². The molecule has 1 fully saturated rings. The lowest BCUT2D eigenvalue weighted by Crippen LogP contribution is -2.33. The van der Waals surface area contributed by atoms with Gasteiger partial charge >= 0.3 is 7.82 Å². The second kappa shape index (κ2) is 5.11. The molecular formula is C6H13O7PS. The van der Waals surface area contributed by atoms with Crippen molar-refractivity contribution < 1.29 is 33.8 Å². The molecule has 0 bridgehead atoms. The lowest BCUT2D eigenvalue weighted by molar-refractivity contribution is -0.116. The van der Waals surface area contributed by atoms with E-state index < -0.39 is 32.4 Å². The average Bonchev–Trinajstić information content (AvgIpc) is 2.32. The Hall–Kier alpha value is 0.340. The summed E-state index contributed by atoms with van der Waals surface area (Å²) in [6.45, 7) is 0. The van der Waals surface area contributed by atoms with Crippen LogP contribution < -0.4 is 0 Å². The van der Waals surface area contributed by atoms with Crippen molar-refractivity contribution in [1.82, 2.24) is 0 Å². The van der Waals surface area contributed by atoms with Gasteiger partial charge in [0.1, 0.15) is 12.2 Å². The fraction of sp³-hybridized carbons (Fsp3) is 1.00. The number of phosphoric ester groups is 1. The normalized spacial score (nSPS) is 37.1. The maximum atomic E-state index is 10.5. The van der Waals surface area contributed by atoms with Crippen LogP contribution in [0.15, 0.2) is 0 Å². The zero-order valence-corrected chi connectivity index (χ0v) is 9.60. The van der Waals surface area contributed by atoms with Crippen molar-refractivity contribution in [3.63, 3.8) is 0 Å². The van der Waals surface area contributed by atoms with Crippen molar-refractivity contribution in [2.75, 3.05) is 12.0 Å². The zero-order chi connectivity index (χ0) is 11.6. The third kappa shape index (κ3) is 3.69. The molecular weight excluding hydrogens is 247 g/mol. The van der Waals surface area contributed by atoms with Crippen molar-refractivity contribution in [2.24, 2.45) is 0 Å². The molecule has 15 heavy (non-hydrogen) atoms. The van der Waals surface area contributed by atoms with Gasteiger partial charge in [0.15, 0.2) is 6.29 Å². The zero-order valence-electron chi connectivity index (χ0n) is 7.89. The number of phosphoric acid groups is 1. The lowest BCUT2D eigenvalue weighted by atomic mass is 10.2. The summed E-state index contributed by atoms with van der Waals surface area (Å²) < 4.78 is 19.6. The predicted octanol–water partition coefficient (Wildman–Crippen LogP) is -1.09. The molecule has 0 spiro atoms. The van der Waals surface area contributed by atoms with E-state index in [1.807, 2.05) is 0 Å². The molecule has 1 heterocycles. The first-order valence-corrected chi connectivity index (χ1v) is 7.02. The van der Waals surface area contributed by atoms with Gasteiger partial charge in [-0.05, 0) is 6.26 Å². The topological polar surface area (TPSA) is 116 Å². The third-order valence-electron chi connectivity index (χ3n) is 1.89. The van der Waals surface area contributed by atoms with E-state index in [9.17, 15) is 14.8 Å². The molecule has 1 unspecified atom stereocenters. The molecule has 0 saturated carbocycles. The number of hydrogen-bond acceptors (Lipinski definition) is 6. The van der Waals surface area contributed by atoms with Crippen LogP contribution in [0, 0.1) is 0 Å². The maximum Gasteiger partial charge on any atom is 0.472 e. The Morgan fingerprint density at radius 3 is 2.47 bits per heavy atom. The fourth-order valence-corrected chi connectivity index (χ4v) is 2.29. The molecule has 4 atom stereocenters. The van der Waals surface area contributed by atoms with Gasteiger partial charge in [-0.1, -0.05) is 0 Å². The van der Waals surface area contributed by atoms with E-state index in [2.05, 4.69) is 4.52 Å². The van der Waals surface area contributed by atoms with E-state index in [4.69, 9.17) is 14.5 Å². The van der Waals surface area contributed by atoms with Crippen LogP contribution >= 0.6 is 19.6 Å². The highest BCUT2D eigenvalue weighted by Gasteiger charge is 2.45. The second-order valence-electron chi connectivity index (χ2n) is 3.08. The molecule has 0 radical (unpaired) electrons. The van der Waals surface area contributed by atoms with Gasteiger partial charge in [-0.3, -0.25) is 4.52 Å². The summed E-state index contributed by atoms with van der Waals surface area (Å²) in [6, 6.07) is 0. The maximum absolute atomic E-state index is 10.5. The van der Waals surface area contributed by atoms with Crippen LogP contribution in [0.4, 0.5) is 0 Å². The SMILES string of the molecule is CSC[C@H]1O[C@@H](OP(=O)(O)O)[C@@H](O)C1O. The number of ether oxygens (including phenoxy) is 1. The number of thioether (sulfide) groups is 1. The van der Waals surface area contributed by atoms with Crippen molar-refractivity contribution in [1.29, 1.82) is 0 Å². The van der Waals surface area contributed by atoms with E-state index in [1.165, 1.54) is 11.8 Å². The summed E-state index contributed by atoms with van der Waals surface area (Å²) in [5, 5.41) is 18.8. The molecule has 4 N–H and O–H groups in total. The Morgan fingerprint density at radius 1 is 1.40 bits per heavy atom. The Labute approximate surface area is 90.6 Å². The van der Waals surface area contributed by atoms with Crippen LogP contribution in [0.25, 0.3) is 0 Å². The molecule has 0 aromatic heterocycles. The van der Waals surface area contributed by atoms with E-state index in [0.29, 0.717) is 5.75 Å². The summed E-state index contributed by atoms with van der Waals surface area (Å²) in [5.74, 6) is 0.402. The van der Waals surface area contributed by atoms with Gasteiger partial charge in [0.2, 0.25) is 0 Å². The first kappa shape index (κ1) is 13.4. The Balaban J connectivity index is 2.59. The monoisotopic (exact) mass is 260 g/mol. The van der Waals surface area contributed by atoms with Crippen LogP contribution in [-0.4, -0.2) is 56.6 Å². The first-order chi connectivity index (χ1) is 6.85. The lowest BCUT2D eigenvalue weighted by Gasteiger charge is -2.15. The number of hydrogen-bond donors (Lipinski definition) is 4. The molecule has 7 nitrogen and oxygen atoms in total. The quantitative estimate of drug-likeness (QED) is 0.471. The van der Waals surface area contributed by atoms with Gasteiger partial charge in [0.05, 0.1) is 6.10 Å². The number of rotatable bonds is 4. The van der Waals surface area contributed by atoms with Crippen molar-refractivity contribution in [3.8, 4) is 0 Å². The predicted molar refractivity (Wildman–Crippen MR) is 52.2 cm³/mol. The Kier molecular flexibility index (Phi) is 4.57. The number of aliphatic hydroxyl groups is 2. The molecule has 1 rings (SSSR count). The van der Waals surface area contributed by atoms with Crippen molar-refractivity contribution in [3.05, 3.63) is 0 Å². The van der Waals surface area contributed by atoms with Crippen molar-refractivity contribution in [2.45, 2.75) is 24.6 Å². The smallest absolute Gasteiger partial charge is 0.387 e. The highest BCUT2D eigenvalue weighted by atomic mass is 32.2. The largest absolute Gasteiger partial charge is 0.472 e. The molecule has 0 aromatic carbocycles. The molecule has 90 valence electrons. The summed E-state index contributed by atoms with van der Waals surface area (Å²) in [7, 11) is -4.73. The number of aliphatic hydroxyl groups excluding tert-OH is 2. The molecule has 1 saturated heterocycles. The highest BCUT2D eigenvalue weighted by molar-refractivity contribution is 7.98. The second-order valence-corrected chi connectivity index (χ2v) is 5.18. The van der Waals surface area contributed by atoms with Gasteiger partial charge in [-0.2, -0.15) is 11.8 Å². The third-order valence-corrected chi connectivity index (χ3v) is 3.04. The molecule has 1 aliphatic heterocycles. The molecule has 0 aromatic rings. The van der Waals surface area contributed by atoms with Crippen LogP contribution in [0.2, 0.25) is 0 Å². The molecule has 9 heteroatoms. The van der Waals surface area contributed by atoms with Crippen LogP contribution in [-0.2, 0) is 13.8 Å². The minimum atomic E-state index is -4.73. The molecule has 1 aliphatic rings. The first-order valence-electron chi connectivity index (χ1n) is 4.09. The summed E-state index contributed by atoms with van der Waals surface area (Å²) in [4.78, 5) is 17.0. The fourth-order valence-electron chi connectivity index (χ4n) is 1.24. The minimum absolute atomic E-state index is 0.402. The van der Waals surface area contributed by atoms with Gasteiger partial charge in [-0.25, -0.2) is 4.57 Å². The van der Waals surface area contributed by atoms with E-state index in [0.717, 1.165) is 0 Å². The summed E-state index contributed by atoms with van der Waals surface area (Å²) in [5.41, 5.74) is 0. The van der Waals surface area contributed by atoms with E-state index in [1.54, 1.807) is 6.26 Å². The van der Waals surface area contributed by atoms with Crippen molar-refractivity contribution >= 4 is 19.6 Å². The summed E-state index contributed by atoms with van der Waals surface area (Å²) in [6.07, 6.45) is -3.05. The molecule has 0 amide bonds. The Bertz CT molecular complexity index is 256. The van der Waals surface area contributed by atoms with E-state index in [-0.39, 0.29) is 0 Å².